The molecule has 1 fully saturated rings. The van der Waals surface area contributed by atoms with Crippen molar-refractivity contribution < 1.29 is 36.7 Å². The minimum absolute atomic E-state index is 0.0240. The van der Waals surface area contributed by atoms with Crippen LogP contribution in [-0.4, -0.2) is 62.0 Å². The summed E-state index contributed by atoms with van der Waals surface area (Å²) in [5.41, 5.74) is 5.96. The minimum atomic E-state index is -5.10. The Morgan fingerprint density at radius 2 is 1.91 bits per heavy atom. The van der Waals surface area contributed by atoms with E-state index in [1.807, 2.05) is 18.2 Å². The van der Waals surface area contributed by atoms with E-state index in [4.69, 9.17) is 15.6 Å². The standard InChI is InChI=1S/C30H28F4N6O4/c1-3-24(42)38-10-8-19-25-21(40(37-19)20-7-6-17(16-4-5-16)12-23(20)44-15(2)41)9-11-39(22(25)14-38)29(43)18-13-36-28(30(32,33)34)26(31)27(18)35/h3,6-7,12-13,16,22H,1,4-5,8-11,14H2,2H3,(H2,35,36). The van der Waals surface area contributed by atoms with Gasteiger partial charge in [-0.05, 0) is 42.5 Å². The number of hydrogen-bond donors (Lipinski definition) is 1. The monoisotopic (exact) mass is 612 g/mol. The van der Waals surface area contributed by atoms with E-state index < -0.39 is 46.9 Å². The second kappa shape index (κ2) is 10.8. The SMILES string of the molecule is C=CC(=O)N1CCc2nn(-c3ccc(C4CC4)cc3OC(C)=O)c3c2C(C1)N(C(=O)c1cnc(C(F)(F)F)c(F)c1N)CC3. The van der Waals surface area contributed by atoms with Gasteiger partial charge in [0.15, 0.2) is 17.3 Å². The number of benzene rings is 1. The molecule has 2 amide bonds. The fourth-order valence-electron chi connectivity index (χ4n) is 6.00. The zero-order valence-electron chi connectivity index (χ0n) is 23.7. The van der Waals surface area contributed by atoms with Gasteiger partial charge in [-0.15, -0.1) is 0 Å². The van der Waals surface area contributed by atoms with Crippen molar-refractivity contribution in [3.8, 4) is 11.4 Å². The molecule has 1 aromatic carbocycles. The lowest BCUT2D eigenvalue weighted by Gasteiger charge is -2.38. The molecule has 2 aromatic heterocycles. The smallest absolute Gasteiger partial charge is 0.424 e. The van der Waals surface area contributed by atoms with Crippen molar-refractivity contribution in [3.63, 3.8) is 0 Å². The van der Waals surface area contributed by atoms with Crippen LogP contribution in [0.1, 0.15) is 70.3 Å². The molecule has 1 saturated carbocycles. The maximum Gasteiger partial charge on any atom is 0.436 e. The van der Waals surface area contributed by atoms with Gasteiger partial charge < -0.3 is 20.3 Å². The lowest BCUT2D eigenvalue weighted by atomic mass is 9.94. The topological polar surface area (TPSA) is 124 Å². The predicted octanol–water partition coefficient (Wildman–Crippen LogP) is 4.12. The molecule has 0 spiro atoms. The summed E-state index contributed by atoms with van der Waals surface area (Å²) < 4.78 is 61.6. The van der Waals surface area contributed by atoms with Crippen LogP contribution >= 0.6 is 0 Å². The van der Waals surface area contributed by atoms with Crippen LogP contribution in [0.4, 0.5) is 23.2 Å². The van der Waals surface area contributed by atoms with Crippen molar-refractivity contribution in [2.45, 2.75) is 50.7 Å². The number of alkyl halides is 3. The van der Waals surface area contributed by atoms with Gasteiger partial charge in [0.1, 0.15) is 5.69 Å². The molecule has 3 aliphatic rings. The summed E-state index contributed by atoms with van der Waals surface area (Å²) in [6.07, 6.45) is -0.643. The number of nitrogens with zero attached hydrogens (tertiary/aromatic N) is 5. The van der Waals surface area contributed by atoms with E-state index in [9.17, 15) is 31.9 Å². The fourth-order valence-corrected chi connectivity index (χ4v) is 6.00. The summed E-state index contributed by atoms with van der Waals surface area (Å²) in [4.78, 5) is 44.6. The summed E-state index contributed by atoms with van der Waals surface area (Å²) in [6.45, 7) is 5.19. The second-order valence-corrected chi connectivity index (χ2v) is 11.1. The van der Waals surface area contributed by atoms with Crippen LogP contribution in [0.5, 0.6) is 5.75 Å². The van der Waals surface area contributed by atoms with Crippen molar-refractivity contribution >= 4 is 23.5 Å². The van der Waals surface area contributed by atoms with Crippen LogP contribution < -0.4 is 10.5 Å². The third-order valence-corrected chi connectivity index (χ3v) is 8.23. The van der Waals surface area contributed by atoms with Crippen molar-refractivity contribution in [1.82, 2.24) is 24.6 Å². The molecule has 0 saturated heterocycles. The maximum atomic E-state index is 14.7. The number of anilines is 1. The number of ether oxygens (including phenoxy) is 1. The largest absolute Gasteiger partial charge is 0.436 e. The molecule has 6 rings (SSSR count). The molecule has 10 nitrogen and oxygen atoms in total. The molecule has 44 heavy (non-hydrogen) atoms. The number of rotatable bonds is 5. The highest BCUT2D eigenvalue weighted by Gasteiger charge is 2.42. The average Bonchev–Trinajstić information content (AvgIpc) is 3.78. The van der Waals surface area contributed by atoms with Gasteiger partial charge in [-0.3, -0.25) is 14.4 Å². The Kier molecular flexibility index (Phi) is 7.17. The van der Waals surface area contributed by atoms with Crippen LogP contribution in [-0.2, 0) is 28.6 Å². The molecule has 1 aliphatic carbocycles. The number of pyridine rings is 1. The lowest BCUT2D eigenvalue weighted by molar-refractivity contribution is -0.143. The van der Waals surface area contributed by atoms with Gasteiger partial charge >= 0.3 is 12.1 Å². The second-order valence-electron chi connectivity index (χ2n) is 11.1. The zero-order chi connectivity index (χ0) is 31.5. The molecular weight excluding hydrogens is 584 g/mol. The van der Waals surface area contributed by atoms with E-state index in [0.717, 1.165) is 30.2 Å². The van der Waals surface area contributed by atoms with Crippen LogP contribution in [0.15, 0.2) is 37.1 Å². The first-order valence-corrected chi connectivity index (χ1v) is 14.1. The van der Waals surface area contributed by atoms with E-state index >= 15 is 0 Å². The average molecular weight is 613 g/mol. The number of carbonyl (C=O) groups excluding carboxylic acids is 3. The van der Waals surface area contributed by atoms with Crippen molar-refractivity contribution in [2.75, 3.05) is 25.4 Å². The molecule has 0 radical (unpaired) electrons. The number of esters is 1. The molecular formula is C30H28F4N6O4. The van der Waals surface area contributed by atoms with Crippen LogP contribution in [0.3, 0.4) is 0 Å². The molecule has 14 heteroatoms. The van der Waals surface area contributed by atoms with Gasteiger partial charge in [0.2, 0.25) is 5.91 Å². The van der Waals surface area contributed by atoms with Gasteiger partial charge in [-0.25, -0.2) is 14.1 Å². The van der Waals surface area contributed by atoms with Crippen LogP contribution in [0, 0.1) is 5.82 Å². The quantitative estimate of drug-likeness (QED) is 0.199. The van der Waals surface area contributed by atoms with Gasteiger partial charge in [0.25, 0.3) is 5.91 Å². The number of aromatic nitrogens is 3. The molecule has 1 atom stereocenters. The van der Waals surface area contributed by atoms with Gasteiger partial charge in [0, 0.05) is 51.2 Å². The third-order valence-electron chi connectivity index (χ3n) is 8.23. The Balaban J connectivity index is 1.45. The minimum Gasteiger partial charge on any atom is -0.424 e. The zero-order valence-corrected chi connectivity index (χ0v) is 23.7. The Morgan fingerprint density at radius 1 is 1.16 bits per heavy atom. The van der Waals surface area contributed by atoms with E-state index in [2.05, 4.69) is 11.6 Å². The van der Waals surface area contributed by atoms with Crippen LogP contribution in [0.25, 0.3) is 5.69 Å². The number of carbonyl (C=O) groups is 3. The Bertz CT molecular complexity index is 1710. The van der Waals surface area contributed by atoms with E-state index in [1.165, 1.54) is 16.7 Å². The third kappa shape index (κ3) is 5.07. The van der Waals surface area contributed by atoms with Gasteiger partial charge in [-0.1, -0.05) is 12.6 Å². The fraction of sp³-hybridized carbons (Fsp3) is 0.367. The Labute approximate surface area is 249 Å². The van der Waals surface area contributed by atoms with Crippen molar-refractivity contribution in [3.05, 3.63) is 76.6 Å². The van der Waals surface area contributed by atoms with Crippen LogP contribution in [0.2, 0.25) is 0 Å². The van der Waals surface area contributed by atoms with E-state index in [0.29, 0.717) is 41.2 Å². The molecule has 4 heterocycles. The van der Waals surface area contributed by atoms with E-state index in [1.54, 1.807) is 4.68 Å². The predicted molar refractivity (Wildman–Crippen MR) is 148 cm³/mol. The summed E-state index contributed by atoms with van der Waals surface area (Å²) in [7, 11) is 0. The Morgan fingerprint density at radius 3 is 2.57 bits per heavy atom. The maximum absolute atomic E-state index is 14.7. The van der Waals surface area contributed by atoms with Gasteiger partial charge in [-0.2, -0.15) is 18.3 Å². The molecule has 1 unspecified atom stereocenters. The first kappa shape index (κ1) is 29.3. The highest BCUT2D eigenvalue weighted by molar-refractivity contribution is 5.99. The number of amides is 2. The molecule has 3 aromatic rings. The summed E-state index contributed by atoms with van der Waals surface area (Å²) in [5.74, 6) is -2.79. The highest BCUT2D eigenvalue weighted by atomic mass is 19.4. The first-order valence-electron chi connectivity index (χ1n) is 14.1. The number of nitrogens with two attached hydrogens (primary N) is 1. The molecule has 2 aliphatic heterocycles. The lowest BCUT2D eigenvalue weighted by Crippen LogP contribution is -2.46. The first-order chi connectivity index (χ1) is 20.9. The van der Waals surface area contributed by atoms with Crippen molar-refractivity contribution in [2.24, 2.45) is 0 Å². The summed E-state index contributed by atoms with van der Waals surface area (Å²) in [5, 5.41) is 4.86. The number of nitrogen functional groups attached to an aromatic ring is 1. The number of halogens is 4. The molecule has 2 N–H and O–H groups in total. The van der Waals surface area contributed by atoms with Crippen molar-refractivity contribution in [1.29, 1.82) is 0 Å². The summed E-state index contributed by atoms with van der Waals surface area (Å²) >= 11 is 0. The summed E-state index contributed by atoms with van der Waals surface area (Å²) in [6, 6.07) is 4.85. The molecule has 0 bridgehead atoms. The number of hydrogen-bond acceptors (Lipinski definition) is 7. The Hall–Kier alpha value is -4.75. The van der Waals surface area contributed by atoms with Gasteiger partial charge in [0.05, 0.1) is 28.7 Å². The van der Waals surface area contributed by atoms with E-state index in [-0.39, 0.29) is 32.0 Å². The highest BCUT2D eigenvalue weighted by Crippen LogP contribution is 2.44. The normalized spacial score (nSPS) is 18.0. The molecule has 230 valence electrons.